The Morgan fingerprint density at radius 2 is 1.49 bits per heavy atom. The van der Waals surface area contributed by atoms with Crippen molar-refractivity contribution in [2.45, 2.75) is 97.4 Å². The summed E-state index contributed by atoms with van der Waals surface area (Å²) in [5.41, 5.74) is 2.54. The highest BCUT2D eigenvalue weighted by Crippen LogP contribution is 2.27. The van der Waals surface area contributed by atoms with Crippen LogP contribution >= 0.6 is 11.8 Å². The molecule has 0 spiro atoms. The van der Waals surface area contributed by atoms with Gasteiger partial charge in [-0.2, -0.15) is 0 Å². The number of benzene rings is 2. The van der Waals surface area contributed by atoms with Crippen LogP contribution in [-0.2, 0) is 6.54 Å². The Labute approximate surface area is 229 Å². The van der Waals surface area contributed by atoms with E-state index in [-0.39, 0.29) is 5.91 Å². The molecule has 1 N–H and O–H groups in total. The summed E-state index contributed by atoms with van der Waals surface area (Å²) in [6.45, 7) is 5.88. The monoisotopic (exact) mass is 522 g/mol. The van der Waals surface area contributed by atoms with Gasteiger partial charge in [0.15, 0.2) is 0 Å². The number of anilines is 1. The number of hydrogen-bond acceptors (Lipinski definition) is 4. The van der Waals surface area contributed by atoms with E-state index in [1.807, 2.05) is 60.3 Å². The maximum Gasteiger partial charge on any atom is 0.256 e. The van der Waals surface area contributed by atoms with Crippen LogP contribution in [0.2, 0.25) is 0 Å². The quantitative estimate of drug-likeness (QED) is 0.198. The van der Waals surface area contributed by atoms with Crippen LogP contribution in [0.4, 0.5) is 5.69 Å². The Hall–Kier alpha value is -2.40. The van der Waals surface area contributed by atoms with E-state index in [2.05, 4.69) is 30.3 Å². The van der Waals surface area contributed by atoms with Crippen molar-refractivity contribution >= 4 is 23.4 Å². The molecule has 0 bridgehead atoms. The summed E-state index contributed by atoms with van der Waals surface area (Å²) in [6.07, 6.45) is 18.3. The van der Waals surface area contributed by atoms with Crippen LogP contribution in [0.1, 0.15) is 107 Å². The van der Waals surface area contributed by atoms with Gasteiger partial charge >= 0.3 is 0 Å². The average molecular weight is 523 g/mol. The minimum atomic E-state index is -0.0756. The van der Waals surface area contributed by atoms with Crippen LogP contribution in [0.25, 0.3) is 0 Å². The van der Waals surface area contributed by atoms with E-state index in [0.717, 1.165) is 48.0 Å². The highest BCUT2D eigenvalue weighted by atomic mass is 32.2. The minimum absolute atomic E-state index is 0.0756. The highest BCUT2D eigenvalue weighted by Gasteiger charge is 2.15. The van der Waals surface area contributed by atoms with Gasteiger partial charge in [-0.15, -0.1) is 11.8 Å². The van der Waals surface area contributed by atoms with Crippen LogP contribution in [0.3, 0.4) is 0 Å². The second kappa shape index (κ2) is 17.2. The van der Waals surface area contributed by atoms with E-state index < -0.39 is 0 Å². The standard InChI is InChI=1S/C32H46N2O2S/c1-3-4-5-6-7-8-9-10-11-12-13-16-23-36-30-21-19-29(20-22-30)33-32(35)31-18-15-14-17-28(31)25-34-24-27(2)37-26-34/h14-15,17-22,24H,3-13,16,23,25-26H2,1-2H3,(H,33,35). The van der Waals surface area contributed by atoms with Gasteiger partial charge in [0, 0.05) is 24.0 Å². The van der Waals surface area contributed by atoms with Gasteiger partial charge < -0.3 is 15.0 Å². The van der Waals surface area contributed by atoms with Gasteiger partial charge in [-0.3, -0.25) is 4.79 Å². The Kier molecular flexibility index (Phi) is 13.5. The van der Waals surface area contributed by atoms with Gasteiger partial charge in [-0.25, -0.2) is 0 Å². The number of allylic oxidation sites excluding steroid dienone is 1. The lowest BCUT2D eigenvalue weighted by Crippen LogP contribution is -2.18. The average Bonchev–Trinajstić information content (AvgIpc) is 3.32. The molecule has 3 rings (SSSR count). The van der Waals surface area contributed by atoms with Crippen molar-refractivity contribution in [2.75, 3.05) is 17.8 Å². The SMILES string of the molecule is CCCCCCCCCCCCCCOc1ccc(NC(=O)c2ccccc2CN2C=C(C)SC2)cc1. The van der Waals surface area contributed by atoms with Gasteiger partial charge in [0.2, 0.25) is 0 Å². The predicted octanol–water partition coefficient (Wildman–Crippen LogP) is 9.39. The summed E-state index contributed by atoms with van der Waals surface area (Å²) in [7, 11) is 0. The zero-order valence-corrected chi connectivity index (χ0v) is 23.8. The van der Waals surface area contributed by atoms with Crippen molar-refractivity contribution in [1.82, 2.24) is 4.90 Å². The third-order valence-corrected chi connectivity index (χ3v) is 7.86. The molecule has 37 heavy (non-hydrogen) atoms. The molecule has 0 aromatic heterocycles. The second-order valence-corrected chi connectivity index (χ2v) is 11.3. The number of ether oxygens (including phenoxy) is 1. The van der Waals surface area contributed by atoms with Crippen molar-refractivity contribution in [3.05, 3.63) is 70.8 Å². The first-order valence-electron chi connectivity index (χ1n) is 14.3. The van der Waals surface area contributed by atoms with Gasteiger partial charge in [0.05, 0.1) is 12.5 Å². The number of rotatable bonds is 18. The van der Waals surface area contributed by atoms with Crippen LogP contribution in [0.5, 0.6) is 5.75 Å². The zero-order chi connectivity index (χ0) is 26.1. The molecule has 0 aliphatic carbocycles. The van der Waals surface area contributed by atoms with Gasteiger partial charge in [0.1, 0.15) is 5.75 Å². The summed E-state index contributed by atoms with van der Waals surface area (Å²) in [5, 5.41) is 3.04. The molecule has 1 aliphatic heterocycles. The molecule has 0 radical (unpaired) electrons. The van der Waals surface area contributed by atoms with E-state index in [0.29, 0.717) is 0 Å². The molecule has 0 unspecified atom stereocenters. The molecule has 4 nitrogen and oxygen atoms in total. The topological polar surface area (TPSA) is 41.6 Å². The highest BCUT2D eigenvalue weighted by molar-refractivity contribution is 8.03. The van der Waals surface area contributed by atoms with Crippen LogP contribution in [0, 0.1) is 0 Å². The predicted molar refractivity (Wildman–Crippen MR) is 159 cm³/mol. The minimum Gasteiger partial charge on any atom is -0.494 e. The molecule has 0 fully saturated rings. The first-order valence-corrected chi connectivity index (χ1v) is 15.3. The molecule has 202 valence electrons. The third kappa shape index (κ3) is 11.3. The fourth-order valence-electron chi connectivity index (χ4n) is 4.67. The van der Waals surface area contributed by atoms with Crippen molar-refractivity contribution in [3.63, 3.8) is 0 Å². The number of nitrogens with zero attached hydrogens (tertiary/aromatic N) is 1. The fourth-order valence-corrected chi connectivity index (χ4v) is 5.43. The molecule has 5 heteroatoms. The van der Waals surface area contributed by atoms with Crippen LogP contribution in [0.15, 0.2) is 59.6 Å². The van der Waals surface area contributed by atoms with E-state index >= 15 is 0 Å². The van der Waals surface area contributed by atoms with Gasteiger partial charge in [-0.05, 0) is 54.1 Å². The van der Waals surface area contributed by atoms with Crippen molar-refractivity contribution in [2.24, 2.45) is 0 Å². The lowest BCUT2D eigenvalue weighted by Gasteiger charge is -2.17. The molecule has 2 aromatic carbocycles. The maximum absolute atomic E-state index is 13.0. The number of carbonyl (C=O) groups is 1. The van der Waals surface area contributed by atoms with E-state index in [1.165, 1.54) is 75.5 Å². The number of thioether (sulfide) groups is 1. The Morgan fingerprint density at radius 3 is 2.11 bits per heavy atom. The van der Waals surface area contributed by atoms with Crippen LogP contribution in [-0.4, -0.2) is 23.3 Å². The summed E-state index contributed by atoms with van der Waals surface area (Å²) in [5.74, 6) is 1.71. The molecular weight excluding hydrogens is 476 g/mol. The first-order chi connectivity index (χ1) is 18.2. The number of unbranched alkanes of at least 4 members (excludes halogenated alkanes) is 11. The van der Waals surface area contributed by atoms with Crippen molar-refractivity contribution < 1.29 is 9.53 Å². The first kappa shape index (κ1) is 29.2. The van der Waals surface area contributed by atoms with Crippen molar-refractivity contribution in [3.8, 4) is 5.75 Å². The van der Waals surface area contributed by atoms with E-state index in [4.69, 9.17) is 4.74 Å². The lowest BCUT2D eigenvalue weighted by molar-refractivity contribution is 0.102. The maximum atomic E-state index is 13.0. The van der Waals surface area contributed by atoms with Crippen LogP contribution < -0.4 is 10.1 Å². The number of hydrogen-bond donors (Lipinski definition) is 1. The fraction of sp³-hybridized carbons (Fsp3) is 0.531. The second-order valence-electron chi connectivity index (χ2n) is 10.1. The Morgan fingerprint density at radius 1 is 0.865 bits per heavy atom. The Balaban J connectivity index is 1.29. The summed E-state index contributed by atoms with van der Waals surface area (Å²) in [6, 6.07) is 15.6. The molecule has 1 heterocycles. The summed E-state index contributed by atoms with van der Waals surface area (Å²) < 4.78 is 5.92. The molecule has 1 amide bonds. The summed E-state index contributed by atoms with van der Waals surface area (Å²) in [4.78, 5) is 16.5. The zero-order valence-electron chi connectivity index (χ0n) is 23.0. The smallest absolute Gasteiger partial charge is 0.256 e. The molecule has 1 aliphatic rings. The molecular formula is C32H46N2O2S. The largest absolute Gasteiger partial charge is 0.494 e. The molecule has 2 aromatic rings. The Bertz CT molecular complexity index is 958. The van der Waals surface area contributed by atoms with Crippen molar-refractivity contribution in [1.29, 1.82) is 0 Å². The van der Waals surface area contributed by atoms with E-state index in [1.54, 1.807) is 0 Å². The number of nitrogens with one attached hydrogen (secondary N) is 1. The molecule has 0 saturated heterocycles. The third-order valence-electron chi connectivity index (χ3n) is 6.84. The number of carbonyl (C=O) groups excluding carboxylic acids is 1. The molecule has 0 saturated carbocycles. The molecule has 0 atom stereocenters. The normalized spacial score (nSPS) is 13.0. The lowest BCUT2D eigenvalue weighted by atomic mass is 10.1. The van der Waals surface area contributed by atoms with E-state index in [9.17, 15) is 4.79 Å². The number of amides is 1. The summed E-state index contributed by atoms with van der Waals surface area (Å²) >= 11 is 1.83. The van der Waals surface area contributed by atoms with Gasteiger partial charge in [0.25, 0.3) is 5.91 Å². The van der Waals surface area contributed by atoms with Gasteiger partial charge in [-0.1, -0.05) is 95.8 Å².